The van der Waals surface area contributed by atoms with Crippen molar-refractivity contribution in [3.8, 4) is 5.75 Å². The van der Waals surface area contributed by atoms with E-state index < -0.39 is 0 Å². The van der Waals surface area contributed by atoms with Gasteiger partial charge in [-0.15, -0.1) is 0 Å². The Balaban J connectivity index is 1.11. The second kappa shape index (κ2) is 13.7. The Labute approximate surface area is 315 Å². The van der Waals surface area contributed by atoms with Gasteiger partial charge in [-0.1, -0.05) is 140 Å². The summed E-state index contributed by atoms with van der Waals surface area (Å²) >= 11 is 0. The fourth-order valence-corrected chi connectivity index (χ4v) is 8.06. The first kappa shape index (κ1) is 32.0. The van der Waals surface area contributed by atoms with Crippen LogP contribution in [0.15, 0.2) is 205 Å². The summed E-state index contributed by atoms with van der Waals surface area (Å²) in [4.78, 5) is 7.52. The molecule has 0 fully saturated rings. The van der Waals surface area contributed by atoms with Gasteiger partial charge in [0.15, 0.2) is 0 Å². The summed E-state index contributed by atoms with van der Waals surface area (Å²) in [6.07, 6.45) is 4.04. The highest BCUT2D eigenvalue weighted by atomic mass is 16.5. The molecule has 0 spiro atoms. The van der Waals surface area contributed by atoms with Gasteiger partial charge in [-0.05, 0) is 82.1 Å². The molecule has 2 aliphatic heterocycles. The van der Waals surface area contributed by atoms with E-state index in [0.29, 0.717) is 0 Å². The van der Waals surface area contributed by atoms with Crippen LogP contribution in [0.3, 0.4) is 0 Å². The lowest BCUT2D eigenvalue weighted by molar-refractivity contribution is 0.235. The molecule has 0 radical (unpaired) electrons. The van der Waals surface area contributed by atoms with Gasteiger partial charge < -0.3 is 15.0 Å². The summed E-state index contributed by atoms with van der Waals surface area (Å²) in [6.45, 7) is 0. The van der Waals surface area contributed by atoms with Gasteiger partial charge in [0.25, 0.3) is 0 Å². The Bertz CT molecular complexity index is 2510. The number of ether oxygens (including phenoxy) is 1. The molecule has 0 amide bonds. The molecule has 2 N–H and O–H groups in total. The lowest BCUT2D eigenvalue weighted by Crippen LogP contribution is -2.54. The minimum Gasteiger partial charge on any atom is -0.485 e. The quantitative estimate of drug-likeness (QED) is 0.174. The van der Waals surface area contributed by atoms with Gasteiger partial charge in [0.05, 0.1) is 0 Å². The van der Waals surface area contributed by atoms with E-state index in [1.165, 1.54) is 16.3 Å². The molecule has 7 aromatic rings. The van der Waals surface area contributed by atoms with E-state index in [9.17, 15) is 0 Å². The van der Waals surface area contributed by atoms with Crippen LogP contribution in [-0.4, -0.2) is 18.1 Å². The number of hydrogen-bond donors (Lipinski definition) is 2. The van der Waals surface area contributed by atoms with Gasteiger partial charge in [0, 0.05) is 39.7 Å². The molecule has 4 unspecified atom stereocenters. The number of aliphatic imine (C=N–C) groups is 1. The molecular formula is C49H38N4O. The lowest BCUT2D eigenvalue weighted by atomic mass is 9.81. The molecule has 2 heterocycles. The van der Waals surface area contributed by atoms with Crippen molar-refractivity contribution in [3.63, 3.8) is 0 Å². The van der Waals surface area contributed by atoms with E-state index in [0.717, 1.165) is 56.5 Å². The van der Waals surface area contributed by atoms with E-state index >= 15 is 0 Å². The second-order valence-corrected chi connectivity index (χ2v) is 14.0. The van der Waals surface area contributed by atoms with E-state index in [1.807, 2.05) is 12.1 Å². The normalized spacial score (nSPS) is 20.0. The standard InChI is InChI=1S/C49H38N4O/c1-5-16-33(17-6-1)47-50-48(34-18-7-2-8-19-34)52-49(51-47)44-31-38(30-43-42-29-36-20-13-14-21-37(36)32-45(42)54-46(43)44)35-22-15-27-41(28-35)53(39-23-9-3-10-24-39)40-25-11-4-12-26-40/h1-32,43,46-47,49,51H,(H,50,52). The number of benzene rings is 7. The third-order valence-electron chi connectivity index (χ3n) is 10.7. The van der Waals surface area contributed by atoms with Crippen LogP contribution in [0.4, 0.5) is 17.1 Å². The maximum absolute atomic E-state index is 6.99. The smallest absolute Gasteiger partial charge is 0.134 e. The number of anilines is 3. The highest BCUT2D eigenvalue weighted by Crippen LogP contribution is 2.49. The van der Waals surface area contributed by atoms with Crippen LogP contribution in [0, 0.1) is 0 Å². The minimum atomic E-state index is -0.254. The van der Waals surface area contributed by atoms with Crippen LogP contribution >= 0.6 is 0 Å². The maximum atomic E-state index is 6.99. The molecule has 0 saturated carbocycles. The Morgan fingerprint density at radius 1 is 0.556 bits per heavy atom. The molecule has 0 saturated heterocycles. The minimum absolute atomic E-state index is 0.0143. The van der Waals surface area contributed by atoms with Gasteiger partial charge in [-0.2, -0.15) is 0 Å². The SMILES string of the molecule is C1=C(c2cccc(N(c3ccccc3)c3ccccc3)c2)C=C(C2NC(c3ccccc3)=NC(c3ccccc3)N2)C2Oc3cc4ccccc4cc3C12. The Hall–Kier alpha value is -6.69. The first-order chi connectivity index (χ1) is 26.7. The molecule has 7 aromatic carbocycles. The van der Waals surface area contributed by atoms with Crippen molar-refractivity contribution in [1.29, 1.82) is 0 Å². The third kappa shape index (κ3) is 5.95. The van der Waals surface area contributed by atoms with E-state index in [4.69, 9.17) is 9.73 Å². The van der Waals surface area contributed by atoms with E-state index in [-0.39, 0.29) is 24.4 Å². The van der Waals surface area contributed by atoms with Crippen LogP contribution in [-0.2, 0) is 0 Å². The first-order valence-electron chi connectivity index (χ1n) is 18.6. The molecule has 10 rings (SSSR count). The molecule has 5 heteroatoms. The van der Waals surface area contributed by atoms with Gasteiger partial charge in [-0.3, -0.25) is 5.32 Å². The number of fused-ring (bicyclic) bond motifs is 4. The number of rotatable bonds is 7. The lowest BCUT2D eigenvalue weighted by Gasteiger charge is -2.37. The molecule has 54 heavy (non-hydrogen) atoms. The Morgan fingerprint density at radius 2 is 1.15 bits per heavy atom. The largest absolute Gasteiger partial charge is 0.485 e. The van der Waals surface area contributed by atoms with Gasteiger partial charge in [-0.25, -0.2) is 4.99 Å². The predicted octanol–water partition coefficient (Wildman–Crippen LogP) is 10.8. The van der Waals surface area contributed by atoms with Crippen LogP contribution in [0.25, 0.3) is 16.3 Å². The molecule has 4 atom stereocenters. The van der Waals surface area contributed by atoms with E-state index in [1.54, 1.807) is 0 Å². The fraction of sp³-hybridized carbons (Fsp3) is 0.0816. The zero-order valence-electron chi connectivity index (χ0n) is 29.6. The highest BCUT2D eigenvalue weighted by molar-refractivity contribution is 6.00. The maximum Gasteiger partial charge on any atom is 0.134 e. The number of allylic oxidation sites excluding steroid dienone is 2. The fourth-order valence-electron chi connectivity index (χ4n) is 8.06. The second-order valence-electron chi connectivity index (χ2n) is 14.0. The third-order valence-corrected chi connectivity index (χ3v) is 10.7. The summed E-state index contributed by atoms with van der Waals surface area (Å²) in [5, 5.41) is 10.1. The van der Waals surface area contributed by atoms with Crippen LogP contribution in [0.5, 0.6) is 5.75 Å². The molecule has 1 aliphatic carbocycles. The number of nitrogens with zero attached hydrogens (tertiary/aromatic N) is 2. The molecule has 0 aromatic heterocycles. The van der Waals surface area contributed by atoms with Crippen LogP contribution < -0.4 is 20.3 Å². The zero-order chi connectivity index (χ0) is 35.8. The molecule has 0 bridgehead atoms. The van der Waals surface area contributed by atoms with Crippen molar-refractivity contribution in [3.05, 3.63) is 222 Å². The van der Waals surface area contributed by atoms with Crippen molar-refractivity contribution < 1.29 is 4.74 Å². The van der Waals surface area contributed by atoms with Crippen LogP contribution in [0.2, 0.25) is 0 Å². The first-order valence-corrected chi connectivity index (χ1v) is 18.6. The highest BCUT2D eigenvalue weighted by Gasteiger charge is 2.42. The van der Waals surface area contributed by atoms with Crippen molar-refractivity contribution in [2.45, 2.75) is 24.4 Å². The topological polar surface area (TPSA) is 48.9 Å². The summed E-state index contributed by atoms with van der Waals surface area (Å²) < 4.78 is 6.99. The number of para-hydroxylation sites is 2. The molecule has 5 nitrogen and oxygen atoms in total. The summed E-state index contributed by atoms with van der Waals surface area (Å²) in [5.74, 6) is 1.80. The average Bonchev–Trinajstić information content (AvgIpc) is 3.61. The summed E-state index contributed by atoms with van der Waals surface area (Å²) in [5.41, 5.74) is 10.1. The average molecular weight is 699 g/mol. The zero-order valence-corrected chi connectivity index (χ0v) is 29.6. The Kier molecular flexibility index (Phi) is 8.12. The molecular weight excluding hydrogens is 661 g/mol. The number of hydrogen-bond acceptors (Lipinski definition) is 5. The summed E-state index contributed by atoms with van der Waals surface area (Å²) in [7, 11) is 0. The summed E-state index contributed by atoms with van der Waals surface area (Å²) in [6, 6.07) is 64.0. The van der Waals surface area contributed by atoms with Crippen molar-refractivity contribution in [1.82, 2.24) is 10.6 Å². The van der Waals surface area contributed by atoms with Gasteiger partial charge in [0.1, 0.15) is 30.0 Å². The van der Waals surface area contributed by atoms with Crippen molar-refractivity contribution >= 4 is 39.2 Å². The molecule has 260 valence electrons. The molecule has 3 aliphatic rings. The van der Waals surface area contributed by atoms with Gasteiger partial charge in [0.2, 0.25) is 0 Å². The number of amidine groups is 1. The predicted molar refractivity (Wildman–Crippen MR) is 221 cm³/mol. The Morgan fingerprint density at radius 3 is 1.85 bits per heavy atom. The van der Waals surface area contributed by atoms with Crippen molar-refractivity contribution in [2.24, 2.45) is 4.99 Å². The van der Waals surface area contributed by atoms with Crippen LogP contribution in [0.1, 0.15) is 34.3 Å². The monoisotopic (exact) mass is 698 g/mol. The van der Waals surface area contributed by atoms with Gasteiger partial charge >= 0.3 is 0 Å². The van der Waals surface area contributed by atoms with E-state index in [2.05, 4.69) is 198 Å². The number of nitrogens with one attached hydrogen (secondary N) is 2. The van der Waals surface area contributed by atoms with Crippen molar-refractivity contribution in [2.75, 3.05) is 4.90 Å².